The smallest absolute Gasteiger partial charge is 0.161 e. The molecule has 0 N–H and O–H groups in total. The Kier molecular flexibility index (Phi) is 6.39. The number of carbonyl (C=O) groups is 1. The van der Waals surface area contributed by atoms with E-state index in [2.05, 4.69) is 45.0 Å². The van der Waals surface area contributed by atoms with Crippen LogP contribution in [0, 0.1) is 11.3 Å². The molecule has 0 heterocycles. The number of carbonyl (C=O) groups excluding carboxylic acids is 1. The maximum absolute atomic E-state index is 12.4. The Balaban J connectivity index is 3.25. The van der Waals surface area contributed by atoms with Crippen molar-refractivity contribution in [2.75, 3.05) is 0 Å². The number of benzene rings is 1. The van der Waals surface area contributed by atoms with Crippen molar-refractivity contribution in [2.45, 2.75) is 60.8 Å². The fraction of sp³-hybridized carbons (Fsp3) is 0.550. The van der Waals surface area contributed by atoms with E-state index in [9.17, 15) is 4.79 Å². The molecular formula is C20H30O. The van der Waals surface area contributed by atoms with E-state index in [1.807, 2.05) is 26.8 Å². The zero-order valence-corrected chi connectivity index (χ0v) is 14.5. The number of hydrogen-bond acceptors (Lipinski definition) is 1. The van der Waals surface area contributed by atoms with Gasteiger partial charge >= 0.3 is 0 Å². The largest absolute Gasteiger partial charge is 0.294 e. The van der Waals surface area contributed by atoms with Gasteiger partial charge in [0.25, 0.3) is 0 Å². The summed E-state index contributed by atoms with van der Waals surface area (Å²) in [4.78, 5) is 12.4. The Hall–Kier alpha value is -1.37. The molecule has 116 valence electrons. The molecule has 0 saturated heterocycles. The predicted octanol–water partition coefficient (Wildman–Crippen LogP) is 5.68. The van der Waals surface area contributed by atoms with E-state index < -0.39 is 0 Å². The molecule has 0 aliphatic heterocycles. The van der Waals surface area contributed by atoms with E-state index in [-0.39, 0.29) is 11.2 Å². The third-order valence-electron chi connectivity index (χ3n) is 3.95. The summed E-state index contributed by atoms with van der Waals surface area (Å²) in [7, 11) is 0. The first-order chi connectivity index (χ1) is 9.79. The van der Waals surface area contributed by atoms with Crippen LogP contribution in [-0.4, -0.2) is 5.78 Å². The lowest BCUT2D eigenvalue weighted by molar-refractivity contribution is -0.121. The zero-order valence-electron chi connectivity index (χ0n) is 14.5. The molecule has 0 bridgehead atoms. The van der Waals surface area contributed by atoms with Crippen molar-refractivity contribution < 1.29 is 4.79 Å². The molecule has 0 amide bonds. The van der Waals surface area contributed by atoms with Crippen LogP contribution in [-0.2, 0) is 11.2 Å². The second kappa shape index (κ2) is 7.59. The lowest BCUT2D eigenvalue weighted by atomic mass is 9.84. The molecule has 0 fully saturated rings. The fourth-order valence-corrected chi connectivity index (χ4v) is 2.43. The second-order valence-corrected chi connectivity index (χ2v) is 6.96. The van der Waals surface area contributed by atoms with E-state index in [1.165, 1.54) is 16.7 Å². The van der Waals surface area contributed by atoms with Gasteiger partial charge in [0.05, 0.1) is 0 Å². The van der Waals surface area contributed by atoms with E-state index in [0.29, 0.717) is 5.92 Å². The van der Waals surface area contributed by atoms with Gasteiger partial charge in [0.1, 0.15) is 0 Å². The molecule has 1 aromatic carbocycles. The second-order valence-electron chi connectivity index (χ2n) is 6.96. The number of aryl methyl sites for hydroxylation is 1. The van der Waals surface area contributed by atoms with Crippen LogP contribution in [0.4, 0.5) is 0 Å². The van der Waals surface area contributed by atoms with Crippen LogP contribution in [0.25, 0.3) is 5.57 Å². The van der Waals surface area contributed by atoms with Gasteiger partial charge in [0.2, 0.25) is 0 Å². The van der Waals surface area contributed by atoms with Gasteiger partial charge in [0, 0.05) is 5.41 Å². The summed E-state index contributed by atoms with van der Waals surface area (Å²) in [6, 6.07) is 8.61. The third kappa shape index (κ3) is 5.15. The van der Waals surface area contributed by atoms with Gasteiger partial charge in [0.15, 0.2) is 5.78 Å². The highest BCUT2D eigenvalue weighted by atomic mass is 16.1. The van der Waals surface area contributed by atoms with Crippen molar-refractivity contribution in [1.29, 1.82) is 0 Å². The van der Waals surface area contributed by atoms with E-state index >= 15 is 0 Å². The first-order valence-electron chi connectivity index (χ1n) is 8.14. The van der Waals surface area contributed by atoms with Crippen LogP contribution in [0.15, 0.2) is 30.3 Å². The lowest BCUT2D eigenvalue weighted by Crippen LogP contribution is -2.18. The molecule has 1 rings (SSSR count). The number of rotatable bonds is 6. The molecule has 0 spiro atoms. The summed E-state index contributed by atoms with van der Waals surface area (Å²) in [5.74, 6) is 0.621. The van der Waals surface area contributed by atoms with Gasteiger partial charge in [-0.1, -0.05) is 72.2 Å². The van der Waals surface area contributed by atoms with Crippen molar-refractivity contribution in [2.24, 2.45) is 11.3 Å². The summed E-state index contributed by atoms with van der Waals surface area (Å²) in [6.07, 6.45) is 5.15. The van der Waals surface area contributed by atoms with Crippen LogP contribution >= 0.6 is 0 Å². The van der Waals surface area contributed by atoms with Gasteiger partial charge in [-0.15, -0.1) is 0 Å². The molecule has 1 atom stereocenters. The SMILES string of the molecule is CCCC(C)/C(=C\C(=O)C(C)(C)C)c1cccc(CC)c1. The Labute approximate surface area is 130 Å². The number of allylic oxidation sites excluding steroid dienone is 2. The van der Waals surface area contributed by atoms with Crippen LogP contribution in [0.3, 0.4) is 0 Å². The van der Waals surface area contributed by atoms with Gasteiger partial charge in [-0.3, -0.25) is 4.79 Å². The summed E-state index contributed by atoms with van der Waals surface area (Å²) in [6.45, 7) is 12.5. The van der Waals surface area contributed by atoms with Crippen LogP contribution < -0.4 is 0 Å². The van der Waals surface area contributed by atoms with Crippen LogP contribution in [0.5, 0.6) is 0 Å². The Morgan fingerprint density at radius 2 is 1.90 bits per heavy atom. The monoisotopic (exact) mass is 286 g/mol. The van der Waals surface area contributed by atoms with Crippen molar-refractivity contribution in [1.82, 2.24) is 0 Å². The molecule has 21 heavy (non-hydrogen) atoms. The summed E-state index contributed by atoms with van der Waals surface area (Å²) in [5.41, 5.74) is 3.39. The maximum Gasteiger partial charge on any atom is 0.161 e. The van der Waals surface area contributed by atoms with Crippen molar-refractivity contribution in [3.05, 3.63) is 41.5 Å². The molecule has 1 unspecified atom stereocenters. The highest BCUT2D eigenvalue weighted by Crippen LogP contribution is 2.29. The van der Waals surface area contributed by atoms with Crippen LogP contribution in [0.2, 0.25) is 0 Å². The van der Waals surface area contributed by atoms with Crippen molar-refractivity contribution >= 4 is 11.4 Å². The fourth-order valence-electron chi connectivity index (χ4n) is 2.43. The molecule has 1 aromatic rings. The van der Waals surface area contributed by atoms with Crippen LogP contribution in [0.1, 0.15) is 65.5 Å². The minimum absolute atomic E-state index is 0.211. The van der Waals surface area contributed by atoms with Gasteiger partial charge < -0.3 is 0 Å². The number of ketones is 1. The Morgan fingerprint density at radius 3 is 2.43 bits per heavy atom. The molecule has 0 aliphatic rings. The normalized spacial score (nSPS) is 14.1. The summed E-state index contributed by atoms with van der Waals surface area (Å²) >= 11 is 0. The highest BCUT2D eigenvalue weighted by Gasteiger charge is 2.21. The van der Waals surface area contributed by atoms with Gasteiger partial charge in [-0.2, -0.15) is 0 Å². The van der Waals surface area contributed by atoms with E-state index in [1.54, 1.807) is 0 Å². The minimum Gasteiger partial charge on any atom is -0.294 e. The molecule has 1 heteroatoms. The molecule has 0 saturated carbocycles. The summed E-state index contributed by atoms with van der Waals surface area (Å²) < 4.78 is 0. The quantitative estimate of drug-likeness (QED) is 0.614. The first kappa shape index (κ1) is 17.7. The molecule has 0 aromatic heterocycles. The molecule has 0 radical (unpaired) electrons. The minimum atomic E-state index is -0.320. The standard InChI is InChI=1S/C20H30O/c1-7-10-15(3)18(14-19(21)20(4,5)6)17-12-9-11-16(8-2)13-17/h9,11-15H,7-8,10H2,1-6H3/b18-14+. The Bertz CT molecular complexity index is 503. The van der Waals surface area contributed by atoms with E-state index in [0.717, 1.165) is 19.3 Å². The predicted molar refractivity (Wildman–Crippen MR) is 92.3 cm³/mol. The van der Waals surface area contributed by atoms with E-state index in [4.69, 9.17) is 0 Å². The lowest BCUT2D eigenvalue weighted by Gasteiger charge is -2.20. The molecule has 0 aliphatic carbocycles. The molecular weight excluding hydrogens is 256 g/mol. The summed E-state index contributed by atoms with van der Waals surface area (Å²) in [5, 5.41) is 0. The highest BCUT2D eigenvalue weighted by molar-refractivity contribution is 6.00. The van der Waals surface area contributed by atoms with Gasteiger partial charge in [-0.05, 0) is 41.5 Å². The third-order valence-corrected chi connectivity index (χ3v) is 3.95. The Morgan fingerprint density at radius 1 is 1.24 bits per heavy atom. The topological polar surface area (TPSA) is 17.1 Å². The van der Waals surface area contributed by atoms with Gasteiger partial charge in [-0.25, -0.2) is 0 Å². The average Bonchev–Trinajstić information content (AvgIpc) is 2.43. The van der Waals surface area contributed by atoms with Crippen molar-refractivity contribution in [3.63, 3.8) is 0 Å². The van der Waals surface area contributed by atoms with Crippen molar-refractivity contribution in [3.8, 4) is 0 Å². The zero-order chi connectivity index (χ0) is 16.0. The number of hydrogen-bond donors (Lipinski definition) is 0. The first-order valence-corrected chi connectivity index (χ1v) is 8.14. The molecule has 1 nitrogen and oxygen atoms in total. The maximum atomic E-state index is 12.4. The average molecular weight is 286 g/mol.